The van der Waals surface area contributed by atoms with Crippen molar-refractivity contribution in [1.82, 2.24) is 4.90 Å². The predicted octanol–water partition coefficient (Wildman–Crippen LogP) is 0.660. The van der Waals surface area contributed by atoms with Crippen LogP contribution < -0.4 is 0 Å². The van der Waals surface area contributed by atoms with Crippen LogP contribution in [-0.4, -0.2) is 50.3 Å². The number of methoxy groups -OCH3 is 1. The highest BCUT2D eigenvalue weighted by atomic mass is 16.5. The van der Waals surface area contributed by atoms with E-state index in [0.29, 0.717) is 0 Å². The van der Waals surface area contributed by atoms with Gasteiger partial charge in [0.2, 0.25) is 0 Å². The third-order valence-corrected chi connectivity index (χ3v) is 3.18. The Morgan fingerprint density at radius 1 is 1.40 bits per heavy atom. The van der Waals surface area contributed by atoms with Crippen LogP contribution in [0.3, 0.4) is 0 Å². The second kappa shape index (κ2) is 4.94. The first-order chi connectivity index (χ1) is 7.31. The minimum absolute atomic E-state index is 0.0143. The molecule has 1 unspecified atom stereocenters. The maximum atomic E-state index is 11.3. The van der Waals surface area contributed by atoms with E-state index < -0.39 is 0 Å². The quantitative estimate of drug-likeness (QED) is 0.480. The second-order valence-electron chi connectivity index (χ2n) is 4.38. The van der Waals surface area contributed by atoms with Gasteiger partial charge in [0, 0.05) is 19.7 Å². The molecule has 1 saturated carbocycles. The molecule has 1 aliphatic heterocycles. The lowest BCUT2D eigenvalue weighted by atomic mass is 10.0. The molecule has 0 spiro atoms. The van der Waals surface area contributed by atoms with E-state index in [1.54, 1.807) is 0 Å². The van der Waals surface area contributed by atoms with E-state index in [1.165, 1.54) is 20.0 Å². The molecule has 2 rings (SSSR count). The summed E-state index contributed by atoms with van der Waals surface area (Å²) in [5, 5.41) is 0. The van der Waals surface area contributed by atoms with Crippen LogP contribution in [-0.2, 0) is 14.3 Å². The van der Waals surface area contributed by atoms with Gasteiger partial charge in [-0.1, -0.05) is 0 Å². The van der Waals surface area contributed by atoms with Crippen molar-refractivity contribution in [3.05, 3.63) is 0 Å². The SMILES string of the molecule is COC(=O)C1CCN1CCOCC1CC1. The van der Waals surface area contributed by atoms with Crippen LogP contribution in [0.2, 0.25) is 0 Å². The molecular weight excluding hydrogens is 194 g/mol. The first-order valence-electron chi connectivity index (χ1n) is 5.71. The van der Waals surface area contributed by atoms with Crippen LogP contribution in [0.5, 0.6) is 0 Å². The average molecular weight is 213 g/mol. The number of likely N-dealkylation sites (tertiary alicyclic amines) is 1. The van der Waals surface area contributed by atoms with Crippen LogP contribution in [0.4, 0.5) is 0 Å². The summed E-state index contributed by atoms with van der Waals surface area (Å²) in [6.45, 7) is 3.49. The van der Waals surface area contributed by atoms with Gasteiger partial charge in [-0.25, -0.2) is 0 Å². The first-order valence-corrected chi connectivity index (χ1v) is 5.71. The Morgan fingerprint density at radius 3 is 2.73 bits per heavy atom. The fourth-order valence-electron chi connectivity index (χ4n) is 1.83. The third-order valence-electron chi connectivity index (χ3n) is 3.18. The normalized spacial score (nSPS) is 26.1. The van der Waals surface area contributed by atoms with Gasteiger partial charge in [-0.2, -0.15) is 0 Å². The molecular formula is C11H19NO3. The summed E-state index contributed by atoms with van der Waals surface area (Å²) in [5.41, 5.74) is 0. The summed E-state index contributed by atoms with van der Waals surface area (Å²) < 4.78 is 10.2. The van der Waals surface area contributed by atoms with Crippen LogP contribution in [0.15, 0.2) is 0 Å². The number of ether oxygens (including phenoxy) is 2. The van der Waals surface area contributed by atoms with Crippen molar-refractivity contribution < 1.29 is 14.3 Å². The van der Waals surface area contributed by atoms with Gasteiger partial charge in [-0.15, -0.1) is 0 Å². The predicted molar refractivity (Wildman–Crippen MR) is 55.5 cm³/mol. The highest BCUT2D eigenvalue weighted by Crippen LogP contribution is 2.28. The van der Waals surface area contributed by atoms with E-state index in [0.717, 1.165) is 38.6 Å². The number of nitrogens with zero attached hydrogens (tertiary/aromatic N) is 1. The number of hydrogen-bond donors (Lipinski definition) is 0. The lowest BCUT2D eigenvalue weighted by Crippen LogP contribution is -2.53. The van der Waals surface area contributed by atoms with Crippen molar-refractivity contribution in [3.8, 4) is 0 Å². The monoisotopic (exact) mass is 213 g/mol. The number of hydrogen-bond acceptors (Lipinski definition) is 4. The summed E-state index contributed by atoms with van der Waals surface area (Å²) >= 11 is 0. The smallest absolute Gasteiger partial charge is 0.323 e. The van der Waals surface area contributed by atoms with Gasteiger partial charge in [0.15, 0.2) is 0 Å². The Hall–Kier alpha value is -0.610. The van der Waals surface area contributed by atoms with Crippen molar-refractivity contribution in [2.24, 2.45) is 5.92 Å². The Balaban J connectivity index is 1.56. The topological polar surface area (TPSA) is 38.8 Å². The van der Waals surface area contributed by atoms with Crippen molar-refractivity contribution in [3.63, 3.8) is 0 Å². The van der Waals surface area contributed by atoms with Crippen LogP contribution in [0, 0.1) is 5.92 Å². The summed E-state index contributed by atoms with van der Waals surface area (Å²) in [7, 11) is 1.45. The number of carbonyl (C=O) groups is 1. The number of rotatable bonds is 6. The molecule has 2 aliphatic rings. The lowest BCUT2D eigenvalue weighted by molar-refractivity contribution is -0.152. The molecule has 4 heteroatoms. The minimum Gasteiger partial charge on any atom is -0.468 e. The maximum absolute atomic E-state index is 11.3. The Labute approximate surface area is 90.5 Å². The van der Waals surface area contributed by atoms with Gasteiger partial charge < -0.3 is 9.47 Å². The molecule has 1 heterocycles. The van der Waals surface area contributed by atoms with Crippen LogP contribution >= 0.6 is 0 Å². The molecule has 0 N–H and O–H groups in total. The van der Waals surface area contributed by atoms with Crippen LogP contribution in [0.1, 0.15) is 19.3 Å². The van der Waals surface area contributed by atoms with Gasteiger partial charge in [-0.3, -0.25) is 9.69 Å². The second-order valence-corrected chi connectivity index (χ2v) is 4.38. The molecule has 4 nitrogen and oxygen atoms in total. The fourth-order valence-corrected chi connectivity index (χ4v) is 1.83. The number of carbonyl (C=O) groups excluding carboxylic acids is 1. The zero-order valence-electron chi connectivity index (χ0n) is 9.28. The number of esters is 1. The Bertz CT molecular complexity index is 228. The highest BCUT2D eigenvalue weighted by Gasteiger charge is 2.34. The van der Waals surface area contributed by atoms with Gasteiger partial charge >= 0.3 is 5.97 Å². The molecule has 1 saturated heterocycles. The first kappa shape index (κ1) is 10.9. The zero-order chi connectivity index (χ0) is 10.7. The largest absolute Gasteiger partial charge is 0.468 e. The van der Waals surface area contributed by atoms with Gasteiger partial charge in [0.05, 0.1) is 13.7 Å². The van der Waals surface area contributed by atoms with Gasteiger partial charge in [0.25, 0.3) is 0 Å². The molecule has 2 fully saturated rings. The van der Waals surface area contributed by atoms with Crippen molar-refractivity contribution in [2.45, 2.75) is 25.3 Å². The molecule has 0 bridgehead atoms. The van der Waals surface area contributed by atoms with Crippen molar-refractivity contribution in [1.29, 1.82) is 0 Å². The summed E-state index contributed by atoms with van der Waals surface area (Å²) in [6.07, 6.45) is 3.58. The standard InChI is InChI=1S/C11H19NO3/c1-14-11(13)10-4-5-12(10)6-7-15-8-9-2-3-9/h9-10H,2-8H2,1H3. The average Bonchev–Trinajstić information content (AvgIpc) is 2.99. The van der Waals surface area contributed by atoms with E-state index in [9.17, 15) is 4.79 Å². The van der Waals surface area contributed by atoms with E-state index in [1.807, 2.05) is 0 Å². The zero-order valence-corrected chi connectivity index (χ0v) is 9.28. The molecule has 86 valence electrons. The van der Waals surface area contributed by atoms with Crippen LogP contribution in [0.25, 0.3) is 0 Å². The molecule has 0 aromatic carbocycles. The third kappa shape index (κ3) is 2.92. The van der Waals surface area contributed by atoms with E-state index in [4.69, 9.17) is 9.47 Å². The lowest BCUT2D eigenvalue weighted by Gasteiger charge is -2.38. The van der Waals surface area contributed by atoms with Gasteiger partial charge in [-0.05, 0) is 25.2 Å². The van der Waals surface area contributed by atoms with Crippen molar-refractivity contribution >= 4 is 5.97 Å². The molecule has 0 aromatic heterocycles. The Kier molecular flexibility index (Phi) is 3.59. The molecule has 1 atom stereocenters. The van der Waals surface area contributed by atoms with Gasteiger partial charge in [0.1, 0.15) is 6.04 Å². The Morgan fingerprint density at radius 2 is 2.20 bits per heavy atom. The molecule has 0 aromatic rings. The molecule has 15 heavy (non-hydrogen) atoms. The van der Waals surface area contributed by atoms with E-state index in [2.05, 4.69) is 4.90 Å². The summed E-state index contributed by atoms with van der Waals surface area (Å²) in [4.78, 5) is 13.4. The molecule has 0 amide bonds. The van der Waals surface area contributed by atoms with Crippen molar-refractivity contribution in [2.75, 3.05) is 33.4 Å². The van der Waals surface area contributed by atoms with E-state index in [-0.39, 0.29) is 12.0 Å². The fraction of sp³-hybridized carbons (Fsp3) is 0.909. The summed E-state index contributed by atoms with van der Waals surface area (Å²) in [6, 6.07) is -0.0143. The summed E-state index contributed by atoms with van der Waals surface area (Å²) in [5.74, 6) is 0.709. The van der Waals surface area contributed by atoms with E-state index >= 15 is 0 Å². The molecule has 0 radical (unpaired) electrons. The highest BCUT2D eigenvalue weighted by molar-refractivity contribution is 5.76. The minimum atomic E-state index is -0.108. The maximum Gasteiger partial charge on any atom is 0.323 e. The molecule has 1 aliphatic carbocycles.